The molecule has 5 rings (SSSR count). The Labute approximate surface area is 204 Å². The summed E-state index contributed by atoms with van der Waals surface area (Å²) in [7, 11) is 1.66. The Bertz CT molecular complexity index is 1370. The number of fused-ring (bicyclic) bond motifs is 1. The van der Waals surface area contributed by atoms with Crippen LogP contribution in [0.25, 0.3) is 10.9 Å². The second-order valence-corrected chi connectivity index (χ2v) is 9.61. The van der Waals surface area contributed by atoms with Gasteiger partial charge in [-0.1, -0.05) is 36.6 Å². The standard InChI is InChI=1S/C27H32N6O2/c1-18-12-19(2)26-21(13-18)14-22(27(34)28-26)16-32(23-6-4-5-7-23)17-25-29-30-31-33(25)15-20-8-10-24(35-3)11-9-20/h8-14,23H,4-7,15-17H2,1-3H3,(H,28,34). The highest BCUT2D eigenvalue weighted by Gasteiger charge is 2.25. The molecule has 1 aliphatic rings. The Morgan fingerprint density at radius 3 is 2.60 bits per heavy atom. The lowest BCUT2D eigenvalue weighted by Gasteiger charge is -2.28. The first-order chi connectivity index (χ1) is 17.0. The number of aromatic amines is 1. The normalized spacial score (nSPS) is 14.3. The summed E-state index contributed by atoms with van der Waals surface area (Å²) >= 11 is 0. The Morgan fingerprint density at radius 2 is 1.86 bits per heavy atom. The molecule has 2 aromatic heterocycles. The van der Waals surface area contributed by atoms with E-state index in [2.05, 4.69) is 50.5 Å². The first kappa shape index (κ1) is 23.2. The number of aromatic nitrogens is 5. The smallest absolute Gasteiger partial charge is 0.252 e. The Kier molecular flexibility index (Phi) is 6.63. The lowest BCUT2D eigenvalue weighted by molar-refractivity contribution is 0.172. The molecule has 182 valence electrons. The van der Waals surface area contributed by atoms with Crippen molar-refractivity contribution in [3.63, 3.8) is 0 Å². The van der Waals surface area contributed by atoms with E-state index in [0.717, 1.165) is 52.0 Å². The summed E-state index contributed by atoms with van der Waals surface area (Å²) in [6, 6.07) is 14.6. The van der Waals surface area contributed by atoms with Gasteiger partial charge in [0, 0.05) is 18.2 Å². The van der Waals surface area contributed by atoms with Gasteiger partial charge in [0.1, 0.15) is 5.75 Å². The molecule has 8 nitrogen and oxygen atoms in total. The quantitative estimate of drug-likeness (QED) is 0.415. The van der Waals surface area contributed by atoms with Crippen LogP contribution in [-0.2, 0) is 19.6 Å². The minimum absolute atomic E-state index is 0.0229. The van der Waals surface area contributed by atoms with Gasteiger partial charge in [-0.15, -0.1) is 5.10 Å². The number of tetrazole rings is 1. The highest BCUT2D eigenvalue weighted by atomic mass is 16.5. The van der Waals surface area contributed by atoms with Crippen molar-refractivity contribution in [2.75, 3.05) is 7.11 Å². The highest BCUT2D eigenvalue weighted by molar-refractivity contribution is 5.82. The number of H-pyrrole nitrogens is 1. The van der Waals surface area contributed by atoms with Crippen molar-refractivity contribution in [3.05, 3.63) is 80.9 Å². The third-order valence-corrected chi connectivity index (χ3v) is 7.03. The van der Waals surface area contributed by atoms with Gasteiger partial charge in [0.25, 0.3) is 5.56 Å². The SMILES string of the molecule is COc1ccc(Cn2nnnc2CN(Cc2cc3cc(C)cc(C)c3[nH]c2=O)C2CCCC2)cc1. The zero-order chi connectivity index (χ0) is 24.4. The molecule has 2 heterocycles. The summed E-state index contributed by atoms with van der Waals surface area (Å²) in [5.74, 6) is 1.63. The van der Waals surface area contributed by atoms with Crippen molar-refractivity contribution >= 4 is 10.9 Å². The van der Waals surface area contributed by atoms with Gasteiger partial charge in [0.2, 0.25) is 0 Å². The van der Waals surface area contributed by atoms with E-state index in [0.29, 0.717) is 25.7 Å². The van der Waals surface area contributed by atoms with Crippen molar-refractivity contribution in [3.8, 4) is 5.75 Å². The summed E-state index contributed by atoms with van der Waals surface area (Å²) < 4.78 is 7.11. The van der Waals surface area contributed by atoms with Crippen molar-refractivity contribution in [2.45, 2.75) is 65.2 Å². The molecule has 0 unspecified atom stereocenters. The molecular weight excluding hydrogens is 440 g/mol. The number of hydrogen-bond acceptors (Lipinski definition) is 6. The number of rotatable bonds is 8. The van der Waals surface area contributed by atoms with Gasteiger partial charge < -0.3 is 9.72 Å². The molecule has 0 spiro atoms. The summed E-state index contributed by atoms with van der Waals surface area (Å²) in [6.45, 7) is 5.87. The number of benzene rings is 2. The number of nitrogens with one attached hydrogen (secondary N) is 1. The molecular formula is C27H32N6O2. The van der Waals surface area contributed by atoms with Crippen molar-refractivity contribution in [1.82, 2.24) is 30.1 Å². The molecule has 0 bridgehead atoms. The number of methoxy groups -OCH3 is 1. The van der Waals surface area contributed by atoms with Gasteiger partial charge in [-0.05, 0) is 77.9 Å². The molecule has 0 atom stereocenters. The Morgan fingerprint density at radius 1 is 1.09 bits per heavy atom. The first-order valence-electron chi connectivity index (χ1n) is 12.3. The number of aryl methyl sites for hydroxylation is 2. The van der Waals surface area contributed by atoms with E-state index in [-0.39, 0.29) is 5.56 Å². The fourth-order valence-electron chi connectivity index (χ4n) is 5.20. The average Bonchev–Trinajstić information content (AvgIpc) is 3.53. The van der Waals surface area contributed by atoms with Gasteiger partial charge in [-0.3, -0.25) is 9.69 Å². The second kappa shape index (κ2) is 10.00. The second-order valence-electron chi connectivity index (χ2n) is 9.61. The largest absolute Gasteiger partial charge is 0.497 e. The molecule has 1 N–H and O–H groups in total. The fraction of sp³-hybridized carbons (Fsp3) is 0.407. The molecule has 4 aromatic rings. The molecule has 1 fully saturated rings. The maximum absolute atomic E-state index is 13.0. The maximum atomic E-state index is 13.0. The van der Waals surface area contributed by atoms with Crippen LogP contribution in [0.15, 0.2) is 47.3 Å². The van der Waals surface area contributed by atoms with Crippen LogP contribution in [-0.4, -0.2) is 43.2 Å². The molecule has 1 saturated carbocycles. The van der Waals surface area contributed by atoms with Crippen molar-refractivity contribution in [1.29, 1.82) is 0 Å². The summed E-state index contributed by atoms with van der Waals surface area (Å²) in [4.78, 5) is 18.5. The van der Waals surface area contributed by atoms with E-state index >= 15 is 0 Å². The van der Waals surface area contributed by atoms with Gasteiger partial charge in [0.05, 0.1) is 25.7 Å². The van der Waals surface area contributed by atoms with E-state index in [1.807, 2.05) is 35.9 Å². The van der Waals surface area contributed by atoms with E-state index in [1.54, 1.807) is 7.11 Å². The van der Waals surface area contributed by atoms with Crippen LogP contribution in [0.3, 0.4) is 0 Å². The zero-order valence-electron chi connectivity index (χ0n) is 20.6. The van der Waals surface area contributed by atoms with E-state index in [4.69, 9.17) is 4.74 Å². The van der Waals surface area contributed by atoms with Crippen LogP contribution in [0.1, 0.15) is 53.8 Å². The molecule has 0 saturated heterocycles. The van der Waals surface area contributed by atoms with Crippen LogP contribution in [0, 0.1) is 13.8 Å². The maximum Gasteiger partial charge on any atom is 0.252 e. The lowest BCUT2D eigenvalue weighted by Crippen LogP contribution is -2.35. The molecule has 35 heavy (non-hydrogen) atoms. The monoisotopic (exact) mass is 472 g/mol. The van der Waals surface area contributed by atoms with Gasteiger partial charge in [-0.25, -0.2) is 4.68 Å². The van der Waals surface area contributed by atoms with Gasteiger partial charge in [0.15, 0.2) is 5.82 Å². The van der Waals surface area contributed by atoms with Crippen LogP contribution >= 0.6 is 0 Å². The van der Waals surface area contributed by atoms with Crippen LogP contribution < -0.4 is 10.3 Å². The summed E-state index contributed by atoms with van der Waals surface area (Å²) in [5, 5.41) is 13.6. The number of pyridine rings is 1. The predicted octanol–water partition coefficient (Wildman–Crippen LogP) is 4.13. The minimum Gasteiger partial charge on any atom is -0.497 e. The lowest BCUT2D eigenvalue weighted by atomic mass is 10.0. The molecule has 8 heteroatoms. The first-order valence-corrected chi connectivity index (χ1v) is 12.3. The third kappa shape index (κ3) is 5.12. The Hall–Kier alpha value is -3.52. The van der Waals surface area contributed by atoms with E-state index < -0.39 is 0 Å². The fourth-order valence-corrected chi connectivity index (χ4v) is 5.20. The molecule has 1 aliphatic carbocycles. The molecule has 2 aromatic carbocycles. The minimum atomic E-state index is -0.0229. The van der Waals surface area contributed by atoms with Gasteiger partial charge >= 0.3 is 0 Å². The molecule has 0 radical (unpaired) electrons. The van der Waals surface area contributed by atoms with Crippen molar-refractivity contribution in [2.24, 2.45) is 0 Å². The van der Waals surface area contributed by atoms with Crippen LogP contribution in [0.5, 0.6) is 5.75 Å². The third-order valence-electron chi connectivity index (χ3n) is 7.03. The number of nitrogens with zero attached hydrogens (tertiary/aromatic N) is 5. The summed E-state index contributed by atoms with van der Waals surface area (Å²) in [5.41, 5.74) is 5.06. The van der Waals surface area contributed by atoms with E-state index in [9.17, 15) is 4.79 Å². The van der Waals surface area contributed by atoms with E-state index in [1.165, 1.54) is 18.4 Å². The average molecular weight is 473 g/mol. The number of ether oxygens (including phenoxy) is 1. The molecule has 0 aliphatic heterocycles. The van der Waals surface area contributed by atoms with Crippen LogP contribution in [0.2, 0.25) is 0 Å². The topological polar surface area (TPSA) is 88.9 Å². The summed E-state index contributed by atoms with van der Waals surface area (Å²) in [6.07, 6.45) is 4.68. The predicted molar refractivity (Wildman–Crippen MR) is 135 cm³/mol. The van der Waals surface area contributed by atoms with Gasteiger partial charge in [-0.2, -0.15) is 0 Å². The van der Waals surface area contributed by atoms with Crippen molar-refractivity contribution < 1.29 is 4.74 Å². The Balaban J connectivity index is 1.41. The highest BCUT2D eigenvalue weighted by Crippen LogP contribution is 2.27. The molecule has 0 amide bonds. The number of hydrogen-bond donors (Lipinski definition) is 1. The zero-order valence-corrected chi connectivity index (χ0v) is 20.6. The van der Waals surface area contributed by atoms with Crippen LogP contribution in [0.4, 0.5) is 0 Å².